The normalized spacial score (nSPS) is 16.9. The molecule has 0 fully saturated rings. The minimum atomic E-state index is 0.129. The van der Waals surface area contributed by atoms with Crippen molar-refractivity contribution in [2.24, 2.45) is 5.92 Å². The number of hydrogen-bond donors (Lipinski definition) is 1. The molecule has 2 aromatic heterocycles. The minimum Gasteiger partial charge on any atom is -0.352 e. The zero-order chi connectivity index (χ0) is 18.0. The van der Waals surface area contributed by atoms with Gasteiger partial charge in [0.1, 0.15) is 5.82 Å². The monoisotopic (exact) mass is 343 g/mol. The van der Waals surface area contributed by atoms with Gasteiger partial charge in [0.15, 0.2) is 0 Å². The van der Waals surface area contributed by atoms with Crippen LogP contribution in [0.25, 0.3) is 0 Å². The molecule has 25 heavy (non-hydrogen) atoms. The number of nitrogens with zero attached hydrogens (tertiary/aromatic N) is 4. The molecule has 2 aromatic rings. The zero-order valence-electron chi connectivity index (χ0n) is 15.7. The fourth-order valence-electron chi connectivity index (χ4n) is 3.64. The predicted octanol–water partition coefficient (Wildman–Crippen LogP) is 2.42. The zero-order valence-corrected chi connectivity index (χ0v) is 15.7. The third kappa shape index (κ3) is 4.11. The highest BCUT2D eigenvalue weighted by atomic mass is 16.1. The Morgan fingerprint density at radius 3 is 2.96 bits per heavy atom. The van der Waals surface area contributed by atoms with Gasteiger partial charge < -0.3 is 9.88 Å². The van der Waals surface area contributed by atoms with Crippen molar-refractivity contribution in [2.75, 3.05) is 0 Å². The number of carbonyl (C=O) groups is 1. The molecule has 1 atom stereocenters. The number of nitrogens with one attached hydrogen (secondary N) is 1. The lowest BCUT2D eigenvalue weighted by Crippen LogP contribution is -2.41. The van der Waals surface area contributed by atoms with Gasteiger partial charge >= 0.3 is 0 Å². The van der Waals surface area contributed by atoms with Crippen molar-refractivity contribution in [3.8, 4) is 0 Å². The van der Waals surface area contributed by atoms with Gasteiger partial charge in [-0.25, -0.2) is 4.98 Å². The molecule has 1 aliphatic rings. The fourth-order valence-corrected chi connectivity index (χ4v) is 3.64. The van der Waals surface area contributed by atoms with E-state index in [0.717, 1.165) is 43.9 Å². The largest absolute Gasteiger partial charge is 0.352 e. The lowest BCUT2D eigenvalue weighted by atomic mass is 10.1. The van der Waals surface area contributed by atoms with Gasteiger partial charge in [-0.2, -0.15) is 5.10 Å². The van der Waals surface area contributed by atoms with Crippen LogP contribution in [0.3, 0.4) is 0 Å². The second-order valence-electron chi connectivity index (χ2n) is 7.52. The molecular weight excluding hydrogens is 314 g/mol. The highest BCUT2D eigenvalue weighted by molar-refractivity contribution is 5.76. The SMILES string of the molecule is Cc1nn(CC(C)C)c(C)c1CCC(=O)N[C@@H]1CCc2nccn2C1. The van der Waals surface area contributed by atoms with Gasteiger partial charge in [-0.05, 0) is 38.2 Å². The third-order valence-corrected chi connectivity index (χ3v) is 4.97. The first kappa shape index (κ1) is 17.7. The van der Waals surface area contributed by atoms with Gasteiger partial charge in [-0.15, -0.1) is 0 Å². The van der Waals surface area contributed by atoms with E-state index in [1.54, 1.807) is 0 Å². The Balaban J connectivity index is 1.54. The van der Waals surface area contributed by atoms with Crippen molar-refractivity contribution >= 4 is 5.91 Å². The number of aromatic nitrogens is 4. The van der Waals surface area contributed by atoms with Crippen molar-refractivity contribution in [1.29, 1.82) is 0 Å². The van der Waals surface area contributed by atoms with E-state index in [1.165, 1.54) is 11.3 Å². The molecule has 6 nitrogen and oxygen atoms in total. The molecular formula is C19H29N5O. The maximum absolute atomic E-state index is 12.4. The first-order valence-electron chi connectivity index (χ1n) is 9.26. The molecule has 1 N–H and O–H groups in total. The third-order valence-electron chi connectivity index (χ3n) is 4.97. The van der Waals surface area contributed by atoms with Crippen LogP contribution in [0, 0.1) is 19.8 Å². The maximum Gasteiger partial charge on any atom is 0.220 e. The van der Waals surface area contributed by atoms with Crippen LogP contribution in [-0.2, 0) is 30.7 Å². The van der Waals surface area contributed by atoms with Crippen molar-refractivity contribution in [3.05, 3.63) is 35.2 Å². The Morgan fingerprint density at radius 2 is 2.20 bits per heavy atom. The van der Waals surface area contributed by atoms with Gasteiger partial charge in [0, 0.05) is 50.1 Å². The van der Waals surface area contributed by atoms with Crippen LogP contribution in [0.1, 0.15) is 49.5 Å². The Bertz CT molecular complexity index is 743. The number of imidazole rings is 1. The van der Waals surface area contributed by atoms with Crippen LogP contribution in [0.2, 0.25) is 0 Å². The van der Waals surface area contributed by atoms with Gasteiger partial charge in [0.25, 0.3) is 0 Å². The summed E-state index contributed by atoms with van der Waals surface area (Å²) in [5.74, 6) is 1.81. The molecule has 1 aliphatic heterocycles. The number of fused-ring (bicyclic) bond motifs is 1. The summed E-state index contributed by atoms with van der Waals surface area (Å²) in [6.07, 6.45) is 6.99. The quantitative estimate of drug-likeness (QED) is 0.876. The number of hydrogen-bond acceptors (Lipinski definition) is 3. The molecule has 0 saturated heterocycles. The van der Waals surface area contributed by atoms with Crippen LogP contribution >= 0.6 is 0 Å². The van der Waals surface area contributed by atoms with Crippen molar-refractivity contribution < 1.29 is 4.79 Å². The molecule has 0 radical (unpaired) electrons. The van der Waals surface area contributed by atoms with E-state index in [9.17, 15) is 4.79 Å². The second kappa shape index (κ2) is 7.42. The highest BCUT2D eigenvalue weighted by Crippen LogP contribution is 2.17. The van der Waals surface area contributed by atoms with Crippen LogP contribution < -0.4 is 5.32 Å². The summed E-state index contributed by atoms with van der Waals surface area (Å²) in [5.41, 5.74) is 3.46. The van der Waals surface area contributed by atoms with Crippen molar-refractivity contribution in [2.45, 2.75) is 72.5 Å². The van der Waals surface area contributed by atoms with E-state index < -0.39 is 0 Å². The van der Waals surface area contributed by atoms with Crippen LogP contribution in [0.15, 0.2) is 12.4 Å². The molecule has 3 rings (SSSR count). The van der Waals surface area contributed by atoms with Crippen molar-refractivity contribution in [3.63, 3.8) is 0 Å². The minimum absolute atomic E-state index is 0.129. The highest BCUT2D eigenvalue weighted by Gasteiger charge is 2.21. The van der Waals surface area contributed by atoms with E-state index in [-0.39, 0.29) is 11.9 Å². The Morgan fingerprint density at radius 1 is 1.40 bits per heavy atom. The summed E-state index contributed by atoms with van der Waals surface area (Å²) in [6, 6.07) is 0.208. The molecule has 1 amide bonds. The Labute approximate surface area is 149 Å². The molecule has 0 aromatic carbocycles. The molecule has 0 aliphatic carbocycles. The first-order valence-corrected chi connectivity index (χ1v) is 9.26. The van der Waals surface area contributed by atoms with Crippen LogP contribution in [0.4, 0.5) is 0 Å². The summed E-state index contributed by atoms with van der Waals surface area (Å²) < 4.78 is 4.22. The van der Waals surface area contributed by atoms with Crippen LogP contribution in [0.5, 0.6) is 0 Å². The smallest absolute Gasteiger partial charge is 0.220 e. The lowest BCUT2D eigenvalue weighted by molar-refractivity contribution is -0.122. The maximum atomic E-state index is 12.4. The average Bonchev–Trinajstić information content (AvgIpc) is 3.10. The number of rotatable bonds is 6. The molecule has 136 valence electrons. The van der Waals surface area contributed by atoms with Crippen molar-refractivity contribution in [1.82, 2.24) is 24.6 Å². The fraction of sp³-hybridized carbons (Fsp3) is 0.632. The summed E-state index contributed by atoms with van der Waals surface area (Å²) in [4.78, 5) is 16.7. The predicted molar refractivity (Wildman–Crippen MR) is 97.3 cm³/mol. The number of amides is 1. The topological polar surface area (TPSA) is 64.7 Å². The van der Waals surface area contributed by atoms with E-state index in [1.807, 2.05) is 19.3 Å². The average molecular weight is 343 g/mol. The molecule has 3 heterocycles. The van der Waals surface area contributed by atoms with Crippen LogP contribution in [-0.4, -0.2) is 31.3 Å². The van der Waals surface area contributed by atoms with E-state index in [0.29, 0.717) is 12.3 Å². The van der Waals surface area contributed by atoms with Gasteiger partial charge in [-0.3, -0.25) is 9.48 Å². The number of carbonyl (C=O) groups excluding carboxylic acids is 1. The van der Waals surface area contributed by atoms with E-state index >= 15 is 0 Å². The molecule has 0 spiro atoms. The van der Waals surface area contributed by atoms with Gasteiger partial charge in [0.05, 0.1) is 5.69 Å². The van der Waals surface area contributed by atoms with Gasteiger partial charge in [0.2, 0.25) is 5.91 Å². The molecule has 0 unspecified atom stereocenters. The molecule has 0 bridgehead atoms. The summed E-state index contributed by atoms with van der Waals surface area (Å²) >= 11 is 0. The lowest BCUT2D eigenvalue weighted by Gasteiger charge is -2.24. The molecule has 0 saturated carbocycles. The van der Waals surface area contributed by atoms with E-state index in [2.05, 4.69) is 45.4 Å². The standard InChI is InChI=1S/C19H29N5O/c1-13(2)11-24-15(4)17(14(3)22-24)6-8-19(25)21-16-5-7-18-20-9-10-23(18)12-16/h9-10,13,16H,5-8,11-12H2,1-4H3,(H,21,25)/t16-/m1/s1. The first-order chi connectivity index (χ1) is 11.9. The molecule has 6 heteroatoms. The number of aryl methyl sites for hydroxylation is 2. The summed E-state index contributed by atoms with van der Waals surface area (Å²) in [6.45, 7) is 10.3. The summed E-state index contributed by atoms with van der Waals surface area (Å²) in [7, 11) is 0. The second-order valence-corrected chi connectivity index (χ2v) is 7.52. The van der Waals surface area contributed by atoms with Gasteiger partial charge in [-0.1, -0.05) is 13.8 Å². The summed E-state index contributed by atoms with van der Waals surface area (Å²) in [5, 5.41) is 7.82. The Kier molecular flexibility index (Phi) is 5.25. The van der Waals surface area contributed by atoms with E-state index in [4.69, 9.17) is 0 Å². The Hall–Kier alpha value is -2.11.